The number of pyridine rings is 2. The fraction of sp³-hybridized carbons (Fsp3) is 0.188. The van der Waals surface area contributed by atoms with Crippen molar-refractivity contribution in [2.24, 2.45) is 0 Å². The Hall–Kier alpha value is -4.18. The number of hydrogen-bond acceptors (Lipinski definition) is 1. The van der Waals surface area contributed by atoms with Crippen molar-refractivity contribution in [2.75, 3.05) is 7.11 Å². The number of aromatic nitrogens is 3. The first-order valence-corrected chi connectivity index (χ1v) is 12.7. The van der Waals surface area contributed by atoms with Gasteiger partial charge in [0.05, 0.1) is 18.1 Å². The molecule has 1 aliphatic heterocycles. The lowest BCUT2D eigenvalue weighted by molar-refractivity contribution is -0.707. The number of imidazole rings is 1. The molecule has 36 heavy (non-hydrogen) atoms. The minimum Gasteiger partial charge on any atom is -0.496 e. The molecule has 8 rings (SSSR count). The maximum absolute atomic E-state index is 6.00. The highest BCUT2D eigenvalue weighted by Crippen LogP contribution is 2.54. The largest absolute Gasteiger partial charge is 0.496 e. The molecular weight excluding hydrogens is 442 g/mol. The van der Waals surface area contributed by atoms with Gasteiger partial charge in [0.1, 0.15) is 5.75 Å². The van der Waals surface area contributed by atoms with E-state index in [1.807, 2.05) is 0 Å². The average molecular weight is 470 g/mol. The molecule has 3 aromatic carbocycles. The molecule has 0 bridgehead atoms. The number of aromatic amines is 1. The first-order valence-electron chi connectivity index (χ1n) is 12.7. The number of para-hydroxylation sites is 2. The SMILES string of the molecule is COc1c(C)ccc2c3c([n+]4ccccc4c12)C1[n+]2c([nH]c4ccccc42)-c2ccccc2C1(C)C3. The standard InChI is InChI=1S/C32H26N3O/c1-19-15-16-20-22-18-32(2)23-11-5-4-10-21(23)31-33-24-12-6-7-13-25(24)35(31)30(32)28(22)34-17-9-8-14-26(34)27(20)29(19)36-3/h4-17,30H,18H2,1-3H3/q+1/p+1. The third kappa shape index (κ3) is 2.25. The highest BCUT2D eigenvalue weighted by molar-refractivity contribution is 6.02. The van der Waals surface area contributed by atoms with Gasteiger partial charge in [0.2, 0.25) is 11.2 Å². The Morgan fingerprint density at radius 1 is 0.917 bits per heavy atom. The zero-order valence-corrected chi connectivity index (χ0v) is 20.7. The van der Waals surface area contributed by atoms with Crippen LogP contribution in [-0.2, 0) is 11.8 Å². The molecule has 2 unspecified atom stereocenters. The Morgan fingerprint density at radius 3 is 2.58 bits per heavy atom. The van der Waals surface area contributed by atoms with Gasteiger partial charge in [0, 0.05) is 28.5 Å². The van der Waals surface area contributed by atoms with E-state index in [0.717, 1.165) is 17.7 Å². The molecule has 3 aromatic heterocycles. The lowest BCUT2D eigenvalue weighted by Crippen LogP contribution is -2.55. The zero-order chi connectivity index (χ0) is 24.2. The minimum absolute atomic E-state index is 0.0935. The van der Waals surface area contributed by atoms with Crippen LogP contribution in [0.25, 0.3) is 38.7 Å². The predicted octanol–water partition coefficient (Wildman–Crippen LogP) is 5.75. The Kier molecular flexibility index (Phi) is 3.75. The summed E-state index contributed by atoms with van der Waals surface area (Å²) in [5, 5.41) is 2.50. The molecule has 2 atom stereocenters. The Morgan fingerprint density at radius 2 is 1.69 bits per heavy atom. The molecule has 2 aliphatic rings. The van der Waals surface area contributed by atoms with Crippen LogP contribution < -0.4 is 13.7 Å². The van der Waals surface area contributed by atoms with Crippen molar-refractivity contribution < 1.29 is 13.7 Å². The quantitative estimate of drug-likeness (QED) is 0.241. The Bertz CT molecular complexity index is 1900. The second kappa shape index (κ2) is 6.73. The van der Waals surface area contributed by atoms with E-state index in [1.54, 1.807) is 7.11 Å². The average Bonchev–Trinajstić information content (AvgIpc) is 3.45. The van der Waals surface area contributed by atoms with E-state index >= 15 is 0 Å². The zero-order valence-electron chi connectivity index (χ0n) is 20.7. The van der Waals surface area contributed by atoms with Crippen molar-refractivity contribution in [3.8, 4) is 17.1 Å². The fourth-order valence-corrected chi connectivity index (χ4v) is 7.24. The molecule has 6 aromatic rings. The number of benzene rings is 3. The van der Waals surface area contributed by atoms with E-state index in [4.69, 9.17) is 4.74 Å². The lowest BCUT2D eigenvalue weighted by Gasteiger charge is -2.34. The van der Waals surface area contributed by atoms with Gasteiger partial charge in [-0.05, 0) is 48.7 Å². The second-order valence-electron chi connectivity index (χ2n) is 10.6. The molecule has 1 aliphatic carbocycles. The van der Waals surface area contributed by atoms with Gasteiger partial charge in [-0.15, -0.1) is 0 Å². The third-order valence-electron chi connectivity index (χ3n) is 8.69. The smallest absolute Gasteiger partial charge is 0.288 e. The van der Waals surface area contributed by atoms with Crippen LogP contribution in [0, 0.1) is 6.92 Å². The molecule has 0 amide bonds. The number of aryl methyl sites for hydroxylation is 1. The lowest BCUT2D eigenvalue weighted by atomic mass is 9.72. The Balaban J connectivity index is 1.60. The first kappa shape index (κ1) is 20.1. The highest BCUT2D eigenvalue weighted by atomic mass is 16.5. The molecule has 174 valence electrons. The van der Waals surface area contributed by atoms with Crippen molar-refractivity contribution in [1.82, 2.24) is 4.98 Å². The van der Waals surface area contributed by atoms with Crippen LogP contribution in [0.15, 0.2) is 85.1 Å². The van der Waals surface area contributed by atoms with Crippen molar-refractivity contribution in [3.05, 3.63) is 107 Å². The molecule has 4 heteroatoms. The number of hydrogen-bond donors (Lipinski definition) is 1. The summed E-state index contributed by atoms with van der Waals surface area (Å²) < 4.78 is 11.0. The van der Waals surface area contributed by atoms with Crippen LogP contribution in [0.3, 0.4) is 0 Å². The normalized spacial score (nSPS) is 19.8. The summed E-state index contributed by atoms with van der Waals surface area (Å²) in [4.78, 5) is 3.78. The summed E-state index contributed by atoms with van der Waals surface area (Å²) in [7, 11) is 1.79. The minimum atomic E-state index is -0.0935. The van der Waals surface area contributed by atoms with Crippen molar-refractivity contribution in [2.45, 2.75) is 31.7 Å². The summed E-state index contributed by atoms with van der Waals surface area (Å²) in [6.07, 6.45) is 3.20. The maximum atomic E-state index is 6.00. The summed E-state index contributed by atoms with van der Waals surface area (Å²) >= 11 is 0. The molecule has 0 radical (unpaired) electrons. The van der Waals surface area contributed by atoms with Crippen LogP contribution in [0.5, 0.6) is 5.75 Å². The molecule has 4 heterocycles. The van der Waals surface area contributed by atoms with E-state index < -0.39 is 0 Å². The summed E-state index contributed by atoms with van der Waals surface area (Å²) in [5.74, 6) is 2.16. The van der Waals surface area contributed by atoms with E-state index in [2.05, 4.69) is 113 Å². The number of nitrogens with one attached hydrogen (secondary N) is 1. The summed E-state index contributed by atoms with van der Waals surface area (Å²) in [6.45, 7) is 4.59. The highest BCUT2D eigenvalue weighted by Gasteiger charge is 2.59. The number of nitrogens with zero attached hydrogens (tertiary/aromatic N) is 2. The van der Waals surface area contributed by atoms with Crippen LogP contribution in [0.2, 0.25) is 0 Å². The van der Waals surface area contributed by atoms with E-state index in [-0.39, 0.29) is 11.5 Å². The molecule has 0 spiro atoms. The second-order valence-corrected chi connectivity index (χ2v) is 10.6. The van der Waals surface area contributed by atoms with Crippen molar-refractivity contribution >= 4 is 27.3 Å². The monoisotopic (exact) mass is 469 g/mol. The number of ether oxygens (including phenoxy) is 1. The van der Waals surface area contributed by atoms with E-state index in [9.17, 15) is 0 Å². The molecular formula is C32H27N3O+2. The van der Waals surface area contributed by atoms with E-state index in [0.29, 0.717) is 0 Å². The van der Waals surface area contributed by atoms with Crippen LogP contribution in [0.1, 0.15) is 35.3 Å². The van der Waals surface area contributed by atoms with Gasteiger partial charge < -0.3 is 4.74 Å². The molecule has 4 nitrogen and oxygen atoms in total. The number of H-pyrrole nitrogens is 1. The van der Waals surface area contributed by atoms with Gasteiger partial charge >= 0.3 is 0 Å². The predicted molar refractivity (Wildman–Crippen MR) is 142 cm³/mol. The van der Waals surface area contributed by atoms with Crippen LogP contribution >= 0.6 is 0 Å². The van der Waals surface area contributed by atoms with Crippen LogP contribution in [-0.4, -0.2) is 12.1 Å². The molecule has 0 fully saturated rings. The number of methoxy groups -OCH3 is 1. The maximum Gasteiger partial charge on any atom is 0.288 e. The summed E-state index contributed by atoms with van der Waals surface area (Å²) in [6, 6.07) is 28.9. The van der Waals surface area contributed by atoms with E-state index in [1.165, 1.54) is 55.5 Å². The molecule has 1 N–H and O–H groups in total. The van der Waals surface area contributed by atoms with Gasteiger partial charge in [-0.1, -0.05) is 49.4 Å². The number of rotatable bonds is 1. The summed E-state index contributed by atoms with van der Waals surface area (Å²) in [5.41, 5.74) is 10.2. The van der Waals surface area contributed by atoms with Gasteiger partial charge in [0.25, 0.3) is 5.82 Å². The first-order chi connectivity index (χ1) is 17.6. The third-order valence-corrected chi connectivity index (χ3v) is 8.69. The van der Waals surface area contributed by atoms with Crippen LogP contribution in [0.4, 0.5) is 0 Å². The van der Waals surface area contributed by atoms with Crippen molar-refractivity contribution in [3.63, 3.8) is 0 Å². The topological polar surface area (TPSA) is 33.0 Å². The van der Waals surface area contributed by atoms with Gasteiger partial charge in [-0.25, -0.2) is 9.55 Å². The van der Waals surface area contributed by atoms with Gasteiger partial charge in [0.15, 0.2) is 23.3 Å². The van der Waals surface area contributed by atoms with Gasteiger partial charge in [-0.2, -0.15) is 4.40 Å². The Labute approximate surface area is 209 Å². The fourth-order valence-electron chi connectivity index (χ4n) is 7.24. The number of fused-ring (bicyclic) bond motifs is 15. The van der Waals surface area contributed by atoms with Gasteiger partial charge in [-0.3, -0.25) is 0 Å². The molecule has 0 saturated carbocycles. The van der Waals surface area contributed by atoms with Crippen molar-refractivity contribution in [1.29, 1.82) is 0 Å². The molecule has 0 saturated heterocycles.